The number of nitrogens with one attached hydrogen (secondary N) is 3. The SMILES string of the molecule is CCCCCC(=O)Nc1ccc(NC(=S)NC(=O)c2cc(Cl)c(OCC)c(Cl)c2)cc1. The number of rotatable bonds is 9. The number of ether oxygens (including phenoxy) is 1. The predicted octanol–water partition coefficient (Wildman–Crippen LogP) is 6.04. The van der Waals surface area contributed by atoms with Gasteiger partial charge >= 0.3 is 0 Å². The Hall–Kier alpha value is -2.35. The Labute approximate surface area is 197 Å². The third-order valence-electron chi connectivity index (χ3n) is 4.21. The molecule has 0 fully saturated rings. The van der Waals surface area contributed by atoms with Crippen molar-refractivity contribution in [2.75, 3.05) is 17.2 Å². The lowest BCUT2D eigenvalue weighted by atomic mass is 10.2. The van der Waals surface area contributed by atoms with Crippen molar-refractivity contribution in [1.29, 1.82) is 0 Å². The van der Waals surface area contributed by atoms with Gasteiger partial charge in [-0.2, -0.15) is 0 Å². The number of halogens is 2. The molecule has 9 heteroatoms. The van der Waals surface area contributed by atoms with Crippen LogP contribution in [-0.2, 0) is 4.79 Å². The Morgan fingerprint density at radius 2 is 1.55 bits per heavy atom. The minimum absolute atomic E-state index is 0.00961. The van der Waals surface area contributed by atoms with Crippen LogP contribution in [0.2, 0.25) is 10.0 Å². The first-order valence-electron chi connectivity index (χ1n) is 9.98. The fraction of sp³-hybridized carbons (Fsp3) is 0.318. The van der Waals surface area contributed by atoms with Gasteiger partial charge < -0.3 is 15.4 Å². The molecule has 0 aliphatic heterocycles. The Bertz CT molecular complexity index is 913. The lowest BCUT2D eigenvalue weighted by Gasteiger charge is -2.12. The Balaban J connectivity index is 1.91. The zero-order valence-corrected chi connectivity index (χ0v) is 19.7. The zero-order valence-electron chi connectivity index (χ0n) is 17.4. The molecule has 0 spiro atoms. The molecule has 0 bridgehead atoms. The van der Waals surface area contributed by atoms with Crippen molar-refractivity contribution in [2.24, 2.45) is 0 Å². The molecule has 2 amide bonds. The van der Waals surface area contributed by atoms with E-state index in [2.05, 4.69) is 22.9 Å². The highest BCUT2D eigenvalue weighted by Gasteiger charge is 2.15. The van der Waals surface area contributed by atoms with Gasteiger partial charge in [-0.3, -0.25) is 14.9 Å². The van der Waals surface area contributed by atoms with Crippen molar-refractivity contribution < 1.29 is 14.3 Å². The van der Waals surface area contributed by atoms with E-state index in [9.17, 15) is 9.59 Å². The highest BCUT2D eigenvalue weighted by Crippen LogP contribution is 2.34. The van der Waals surface area contributed by atoms with Gasteiger partial charge in [0.1, 0.15) is 0 Å². The highest BCUT2D eigenvalue weighted by molar-refractivity contribution is 7.80. The van der Waals surface area contributed by atoms with Crippen molar-refractivity contribution in [3.63, 3.8) is 0 Å². The molecule has 2 aromatic carbocycles. The number of amides is 2. The molecule has 0 aliphatic rings. The van der Waals surface area contributed by atoms with Crippen LogP contribution < -0.4 is 20.7 Å². The number of thiocarbonyl (C=S) groups is 1. The van der Waals surface area contributed by atoms with Crippen LogP contribution in [0.3, 0.4) is 0 Å². The molecular formula is C22H25Cl2N3O3S. The fourth-order valence-corrected chi connectivity index (χ4v) is 3.51. The maximum absolute atomic E-state index is 12.5. The molecular weight excluding hydrogens is 457 g/mol. The number of benzene rings is 2. The number of carbonyl (C=O) groups excluding carboxylic acids is 2. The van der Waals surface area contributed by atoms with E-state index in [1.165, 1.54) is 12.1 Å². The topological polar surface area (TPSA) is 79.5 Å². The molecule has 31 heavy (non-hydrogen) atoms. The summed E-state index contributed by atoms with van der Waals surface area (Å²) < 4.78 is 5.36. The average molecular weight is 482 g/mol. The molecule has 2 aromatic rings. The number of unbranched alkanes of at least 4 members (excludes halogenated alkanes) is 2. The molecule has 0 aromatic heterocycles. The van der Waals surface area contributed by atoms with E-state index in [1.807, 2.05) is 6.92 Å². The molecule has 0 saturated carbocycles. The Kier molecular flexibility index (Phi) is 10.0. The summed E-state index contributed by atoms with van der Waals surface area (Å²) in [6, 6.07) is 9.96. The second kappa shape index (κ2) is 12.5. The normalized spacial score (nSPS) is 10.3. The van der Waals surface area contributed by atoms with E-state index >= 15 is 0 Å². The van der Waals surface area contributed by atoms with Gasteiger partial charge in [0.15, 0.2) is 10.9 Å². The van der Waals surface area contributed by atoms with Crippen molar-refractivity contribution in [3.05, 3.63) is 52.0 Å². The van der Waals surface area contributed by atoms with Gasteiger partial charge in [-0.05, 0) is 62.0 Å². The lowest BCUT2D eigenvalue weighted by molar-refractivity contribution is -0.116. The van der Waals surface area contributed by atoms with Crippen LogP contribution in [0.1, 0.15) is 49.9 Å². The van der Waals surface area contributed by atoms with Crippen LogP contribution in [0, 0.1) is 0 Å². The zero-order chi connectivity index (χ0) is 22.8. The number of hydrogen-bond acceptors (Lipinski definition) is 4. The van der Waals surface area contributed by atoms with Crippen LogP contribution in [0.25, 0.3) is 0 Å². The third-order valence-corrected chi connectivity index (χ3v) is 4.98. The lowest BCUT2D eigenvalue weighted by Crippen LogP contribution is -2.34. The first-order valence-corrected chi connectivity index (χ1v) is 11.1. The standard InChI is InChI=1S/C22H25Cl2N3O3S/c1-3-5-6-7-19(28)25-15-8-10-16(11-9-15)26-22(31)27-21(29)14-12-17(23)20(30-4-2)18(24)13-14/h8-13H,3-7H2,1-2H3,(H,25,28)(H2,26,27,29,31). The number of hydrogen-bond donors (Lipinski definition) is 3. The Morgan fingerprint density at radius 1 is 0.968 bits per heavy atom. The number of carbonyl (C=O) groups is 2. The monoisotopic (exact) mass is 481 g/mol. The van der Waals surface area contributed by atoms with Crippen molar-refractivity contribution >= 4 is 63.7 Å². The Morgan fingerprint density at radius 3 is 2.10 bits per heavy atom. The molecule has 0 heterocycles. The largest absolute Gasteiger partial charge is 0.491 e. The molecule has 0 unspecified atom stereocenters. The van der Waals surface area contributed by atoms with Crippen LogP contribution >= 0.6 is 35.4 Å². The van der Waals surface area contributed by atoms with E-state index < -0.39 is 5.91 Å². The highest BCUT2D eigenvalue weighted by atomic mass is 35.5. The van der Waals surface area contributed by atoms with Crippen molar-refractivity contribution in [3.8, 4) is 5.75 Å². The molecule has 0 aliphatic carbocycles. The average Bonchev–Trinajstić information content (AvgIpc) is 2.72. The minimum Gasteiger partial charge on any atom is -0.491 e. The summed E-state index contributed by atoms with van der Waals surface area (Å²) in [6.45, 7) is 4.31. The quantitative estimate of drug-likeness (QED) is 0.300. The van der Waals surface area contributed by atoms with Crippen molar-refractivity contribution in [2.45, 2.75) is 39.5 Å². The molecule has 0 saturated heterocycles. The first kappa shape index (κ1) is 24.9. The maximum Gasteiger partial charge on any atom is 0.257 e. The van der Waals surface area contributed by atoms with E-state index in [0.29, 0.717) is 30.2 Å². The summed E-state index contributed by atoms with van der Waals surface area (Å²) >= 11 is 17.5. The van der Waals surface area contributed by atoms with E-state index in [-0.39, 0.29) is 26.6 Å². The third kappa shape index (κ3) is 8.01. The van der Waals surface area contributed by atoms with Crippen LogP contribution in [0.5, 0.6) is 5.75 Å². The minimum atomic E-state index is -0.458. The summed E-state index contributed by atoms with van der Waals surface area (Å²) in [6.07, 6.45) is 3.49. The van der Waals surface area contributed by atoms with Crippen LogP contribution in [-0.4, -0.2) is 23.5 Å². The molecule has 0 radical (unpaired) electrons. The van der Waals surface area contributed by atoms with Gasteiger partial charge in [-0.15, -0.1) is 0 Å². The summed E-state index contributed by atoms with van der Waals surface area (Å²) in [5.41, 5.74) is 1.61. The summed E-state index contributed by atoms with van der Waals surface area (Å²) in [5.74, 6) is -0.134. The second-order valence-corrected chi connectivity index (χ2v) is 7.92. The molecule has 3 N–H and O–H groups in total. The summed E-state index contributed by atoms with van der Waals surface area (Å²) in [4.78, 5) is 24.3. The van der Waals surface area contributed by atoms with Crippen LogP contribution in [0.15, 0.2) is 36.4 Å². The van der Waals surface area contributed by atoms with Gasteiger partial charge in [0.2, 0.25) is 5.91 Å². The summed E-state index contributed by atoms with van der Waals surface area (Å²) in [7, 11) is 0. The smallest absolute Gasteiger partial charge is 0.257 e. The molecule has 2 rings (SSSR count). The van der Waals surface area contributed by atoms with Gasteiger partial charge in [0.05, 0.1) is 16.7 Å². The fourth-order valence-electron chi connectivity index (χ4n) is 2.71. The molecule has 0 atom stereocenters. The molecule has 6 nitrogen and oxygen atoms in total. The maximum atomic E-state index is 12.5. The van der Waals surface area contributed by atoms with Gasteiger partial charge in [-0.25, -0.2) is 0 Å². The summed E-state index contributed by atoms with van der Waals surface area (Å²) in [5, 5.41) is 8.95. The number of anilines is 2. The predicted molar refractivity (Wildman–Crippen MR) is 131 cm³/mol. The van der Waals surface area contributed by atoms with Gasteiger partial charge in [-0.1, -0.05) is 43.0 Å². The van der Waals surface area contributed by atoms with Crippen molar-refractivity contribution in [1.82, 2.24) is 5.32 Å². The van der Waals surface area contributed by atoms with Crippen LogP contribution in [0.4, 0.5) is 11.4 Å². The molecule has 166 valence electrons. The van der Waals surface area contributed by atoms with Gasteiger partial charge in [0.25, 0.3) is 5.91 Å². The van der Waals surface area contributed by atoms with Gasteiger partial charge in [0, 0.05) is 23.4 Å². The van der Waals surface area contributed by atoms with E-state index in [0.717, 1.165) is 19.3 Å². The first-order chi connectivity index (χ1) is 14.8. The van der Waals surface area contributed by atoms with E-state index in [1.54, 1.807) is 24.3 Å². The second-order valence-electron chi connectivity index (χ2n) is 6.69. The van der Waals surface area contributed by atoms with E-state index in [4.69, 9.17) is 40.2 Å².